The molecule has 0 aliphatic rings. The third-order valence-electron chi connectivity index (χ3n) is 3.09. The molecule has 1 aromatic carbocycles. The number of nitrogens with zero attached hydrogens (tertiary/aromatic N) is 1. The van der Waals surface area contributed by atoms with E-state index in [0.717, 1.165) is 11.3 Å². The van der Waals surface area contributed by atoms with E-state index in [1.165, 1.54) is 5.56 Å². The number of pyridine rings is 1. The molecule has 4 nitrogen and oxygen atoms in total. The minimum Gasteiger partial charge on any atom is -0.381 e. The molecule has 0 fully saturated rings. The monoisotopic (exact) mass is 269 g/mol. The van der Waals surface area contributed by atoms with E-state index in [-0.39, 0.29) is 5.91 Å². The zero-order valence-electron chi connectivity index (χ0n) is 11.8. The van der Waals surface area contributed by atoms with Crippen LogP contribution in [0.3, 0.4) is 0 Å². The number of aryl methyl sites for hydroxylation is 1. The van der Waals surface area contributed by atoms with Crippen molar-refractivity contribution in [2.75, 3.05) is 11.9 Å². The largest absolute Gasteiger partial charge is 0.381 e. The number of rotatable bonds is 5. The van der Waals surface area contributed by atoms with Crippen LogP contribution in [0.5, 0.6) is 0 Å². The zero-order valence-corrected chi connectivity index (χ0v) is 11.8. The van der Waals surface area contributed by atoms with Crippen LogP contribution in [0.1, 0.15) is 28.4 Å². The molecule has 1 amide bonds. The zero-order chi connectivity index (χ0) is 14.4. The molecular weight excluding hydrogens is 250 g/mol. The Hall–Kier alpha value is -2.36. The van der Waals surface area contributed by atoms with E-state index in [1.807, 2.05) is 43.5 Å². The average Bonchev–Trinajstić information content (AvgIpc) is 2.47. The Bertz CT molecular complexity index is 596. The number of nitrogens with one attached hydrogen (secondary N) is 2. The van der Waals surface area contributed by atoms with Crippen molar-refractivity contribution in [1.82, 2.24) is 10.3 Å². The lowest BCUT2D eigenvalue weighted by molar-refractivity contribution is 0.0956. The Balaban J connectivity index is 2.05. The van der Waals surface area contributed by atoms with Gasteiger partial charge >= 0.3 is 0 Å². The van der Waals surface area contributed by atoms with Crippen molar-refractivity contribution in [2.45, 2.75) is 20.4 Å². The lowest BCUT2D eigenvalue weighted by Crippen LogP contribution is -2.22. The highest BCUT2D eigenvalue weighted by molar-refractivity contribution is 5.95. The predicted molar refractivity (Wildman–Crippen MR) is 80.7 cm³/mol. The molecule has 0 aliphatic heterocycles. The first-order valence-corrected chi connectivity index (χ1v) is 6.72. The van der Waals surface area contributed by atoms with E-state index in [0.29, 0.717) is 18.7 Å². The number of benzene rings is 1. The van der Waals surface area contributed by atoms with Crippen molar-refractivity contribution in [3.8, 4) is 0 Å². The van der Waals surface area contributed by atoms with Gasteiger partial charge in [-0.05, 0) is 49.2 Å². The number of carbonyl (C=O) groups excluding carboxylic acids is 1. The molecule has 0 atom stereocenters. The minimum atomic E-state index is -0.0475. The van der Waals surface area contributed by atoms with E-state index >= 15 is 0 Å². The third kappa shape index (κ3) is 3.57. The fraction of sp³-hybridized carbons (Fsp3) is 0.250. The topological polar surface area (TPSA) is 54.0 Å². The summed E-state index contributed by atoms with van der Waals surface area (Å²) >= 11 is 0. The minimum absolute atomic E-state index is 0.0475. The highest BCUT2D eigenvalue weighted by Crippen LogP contribution is 2.13. The number of anilines is 1. The van der Waals surface area contributed by atoms with Gasteiger partial charge in [0.15, 0.2) is 0 Å². The SMILES string of the molecule is CCNC(=O)c1cccc(NCc2cnccc2C)c1. The van der Waals surface area contributed by atoms with Crippen LogP contribution in [0, 0.1) is 6.92 Å². The number of carbonyl (C=O) groups is 1. The van der Waals surface area contributed by atoms with Gasteiger partial charge in [-0.25, -0.2) is 0 Å². The molecule has 0 aliphatic carbocycles. The first-order chi connectivity index (χ1) is 9.70. The summed E-state index contributed by atoms with van der Waals surface area (Å²) in [6.07, 6.45) is 3.64. The number of hydrogen-bond donors (Lipinski definition) is 2. The van der Waals surface area contributed by atoms with Crippen LogP contribution >= 0.6 is 0 Å². The quantitative estimate of drug-likeness (QED) is 0.877. The molecule has 0 radical (unpaired) electrons. The van der Waals surface area contributed by atoms with Crippen LogP contribution in [0.25, 0.3) is 0 Å². The molecule has 0 unspecified atom stereocenters. The van der Waals surface area contributed by atoms with Crippen molar-refractivity contribution in [3.63, 3.8) is 0 Å². The fourth-order valence-electron chi connectivity index (χ4n) is 1.91. The predicted octanol–water partition coefficient (Wildman–Crippen LogP) is 2.75. The van der Waals surface area contributed by atoms with Gasteiger partial charge in [0, 0.05) is 36.7 Å². The van der Waals surface area contributed by atoms with Crippen LogP contribution in [0.2, 0.25) is 0 Å². The second kappa shape index (κ2) is 6.70. The van der Waals surface area contributed by atoms with Gasteiger partial charge in [-0.3, -0.25) is 9.78 Å². The maximum atomic E-state index is 11.8. The molecule has 20 heavy (non-hydrogen) atoms. The van der Waals surface area contributed by atoms with Gasteiger partial charge in [0.25, 0.3) is 5.91 Å². The van der Waals surface area contributed by atoms with Gasteiger partial charge < -0.3 is 10.6 Å². The van der Waals surface area contributed by atoms with Gasteiger partial charge in [0.1, 0.15) is 0 Å². The molecule has 0 spiro atoms. The molecule has 2 aromatic rings. The van der Waals surface area contributed by atoms with Crippen LogP contribution in [0.15, 0.2) is 42.7 Å². The molecule has 0 saturated carbocycles. The first-order valence-electron chi connectivity index (χ1n) is 6.72. The lowest BCUT2D eigenvalue weighted by Gasteiger charge is -2.10. The van der Waals surface area contributed by atoms with Crippen LogP contribution in [0.4, 0.5) is 5.69 Å². The Morgan fingerprint density at radius 2 is 2.15 bits per heavy atom. The van der Waals surface area contributed by atoms with E-state index in [9.17, 15) is 4.79 Å². The van der Waals surface area contributed by atoms with Crippen molar-refractivity contribution < 1.29 is 4.79 Å². The first kappa shape index (κ1) is 14.1. The molecule has 104 valence electrons. The Labute approximate surface area is 119 Å². The summed E-state index contributed by atoms with van der Waals surface area (Å²) in [4.78, 5) is 15.9. The second-order valence-corrected chi connectivity index (χ2v) is 4.60. The molecule has 4 heteroatoms. The molecule has 0 saturated heterocycles. The van der Waals surface area contributed by atoms with Gasteiger partial charge in [-0.15, -0.1) is 0 Å². The molecular formula is C16H19N3O. The Morgan fingerprint density at radius 1 is 1.30 bits per heavy atom. The summed E-state index contributed by atoms with van der Waals surface area (Å²) in [6, 6.07) is 9.49. The van der Waals surface area contributed by atoms with E-state index in [2.05, 4.69) is 22.5 Å². The normalized spacial score (nSPS) is 10.1. The third-order valence-corrected chi connectivity index (χ3v) is 3.09. The van der Waals surface area contributed by atoms with E-state index in [1.54, 1.807) is 6.20 Å². The van der Waals surface area contributed by atoms with Gasteiger partial charge in [-0.2, -0.15) is 0 Å². The molecule has 0 bridgehead atoms. The maximum absolute atomic E-state index is 11.8. The number of amides is 1. The Morgan fingerprint density at radius 3 is 2.90 bits per heavy atom. The number of aromatic nitrogens is 1. The number of hydrogen-bond acceptors (Lipinski definition) is 3. The van der Waals surface area contributed by atoms with Crippen molar-refractivity contribution in [1.29, 1.82) is 0 Å². The summed E-state index contributed by atoms with van der Waals surface area (Å²) < 4.78 is 0. The molecule has 1 heterocycles. The second-order valence-electron chi connectivity index (χ2n) is 4.60. The molecule has 2 rings (SSSR count). The summed E-state index contributed by atoms with van der Waals surface area (Å²) in [7, 11) is 0. The van der Waals surface area contributed by atoms with E-state index in [4.69, 9.17) is 0 Å². The van der Waals surface area contributed by atoms with Crippen LogP contribution in [-0.4, -0.2) is 17.4 Å². The van der Waals surface area contributed by atoms with Crippen molar-refractivity contribution >= 4 is 11.6 Å². The van der Waals surface area contributed by atoms with Gasteiger partial charge in [-0.1, -0.05) is 6.07 Å². The summed E-state index contributed by atoms with van der Waals surface area (Å²) in [6.45, 7) is 5.29. The summed E-state index contributed by atoms with van der Waals surface area (Å²) in [5, 5.41) is 6.11. The van der Waals surface area contributed by atoms with Crippen LogP contribution in [-0.2, 0) is 6.54 Å². The standard InChI is InChI=1S/C16H19N3O/c1-3-18-16(20)13-5-4-6-15(9-13)19-11-14-10-17-8-7-12(14)2/h4-10,19H,3,11H2,1-2H3,(H,18,20). The maximum Gasteiger partial charge on any atom is 0.251 e. The summed E-state index contributed by atoms with van der Waals surface area (Å²) in [5.74, 6) is -0.0475. The highest BCUT2D eigenvalue weighted by Gasteiger charge is 2.05. The fourth-order valence-corrected chi connectivity index (χ4v) is 1.91. The molecule has 2 N–H and O–H groups in total. The summed E-state index contributed by atoms with van der Waals surface area (Å²) in [5.41, 5.74) is 3.94. The van der Waals surface area contributed by atoms with E-state index < -0.39 is 0 Å². The Kier molecular flexibility index (Phi) is 4.71. The van der Waals surface area contributed by atoms with Crippen LogP contribution < -0.4 is 10.6 Å². The smallest absolute Gasteiger partial charge is 0.251 e. The lowest BCUT2D eigenvalue weighted by atomic mass is 10.1. The van der Waals surface area contributed by atoms with Crippen molar-refractivity contribution in [2.24, 2.45) is 0 Å². The van der Waals surface area contributed by atoms with Crippen molar-refractivity contribution in [3.05, 3.63) is 59.4 Å². The van der Waals surface area contributed by atoms with Gasteiger partial charge in [0.2, 0.25) is 0 Å². The van der Waals surface area contributed by atoms with Gasteiger partial charge in [0.05, 0.1) is 0 Å². The highest BCUT2D eigenvalue weighted by atomic mass is 16.1. The molecule has 1 aromatic heterocycles. The average molecular weight is 269 g/mol.